The van der Waals surface area contributed by atoms with Crippen molar-refractivity contribution in [3.63, 3.8) is 0 Å². The van der Waals surface area contributed by atoms with Gasteiger partial charge < -0.3 is 4.74 Å². The van der Waals surface area contributed by atoms with E-state index in [1.807, 2.05) is 12.1 Å². The molecular formula is C6H8N2O. The lowest BCUT2D eigenvalue weighted by atomic mass is 10.1. The van der Waals surface area contributed by atoms with Gasteiger partial charge in [0.1, 0.15) is 0 Å². The number of rotatable bonds is 1. The van der Waals surface area contributed by atoms with E-state index < -0.39 is 5.72 Å². The van der Waals surface area contributed by atoms with E-state index in [9.17, 15) is 0 Å². The lowest BCUT2D eigenvalue weighted by molar-refractivity contribution is 0.0557. The Morgan fingerprint density at radius 2 is 2.67 bits per heavy atom. The van der Waals surface area contributed by atoms with Crippen LogP contribution in [-0.4, -0.2) is 5.72 Å². The second-order valence-corrected chi connectivity index (χ2v) is 2.09. The van der Waals surface area contributed by atoms with Gasteiger partial charge in [-0.1, -0.05) is 0 Å². The molecule has 1 rings (SSSR count). The summed E-state index contributed by atoms with van der Waals surface area (Å²) in [5.41, 5.74) is 4.83. The molecule has 0 aromatic carbocycles. The van der Waals surface area contributed by atoms with Crippen LogP contribution in [-0.2, 0) is 4.74 Å². The van der Waals surface area contributed by atoms with Crippen molar-refractivity contribution in [2.24, 2.45) is 5.73 Å². The van der Waals surface area contributed by atoms with Crippen LogP contribution in [0, 0.1) is 11.3 Å². The Morgan fingerprint density at radius 1 is 1.89 bits per heavy atom. The van der Waals surface area contributed by atoms with Gasteiger partial charge in [0.25, 0.3) is 0 Å². The van der Waals surface area contributed by atoms with Gasteiger partial charge in [-0.05, 0) is 6.08 Å². The van der Waals surface area contributed by atoms with Crippen LogP contribution in [0.1, 0.15) is 12.8 Å². The van der Waals surface area contributed by atoms with E-state index in [0.717, 1.165) is 0 Å². The quantitative estimate of drug-likeness (QED) is 0.553. The van der Waals surface area contributed by atoms with Crippen molar-refractivity contribution < 1.29 is 4.74 Å². The molecule has 1 aliphatic rings. The van der Waals surface area contributed by atoms with Crippen LogP contribution in [0.4, 0.5) is 0 Å². The summed E-state index contributed by atoms with van der Waals surface area (Å²) in [6.45, 7) is 0. The summed E-state index contributed by atoms with van der Waals surface area (Å²) in [6, 6.07) is 1.96. The van der Waals surface area contributed by atoms with E-state index >= 15 is 0 Å². The molecule has 2 N–H and O–H groups in total. The normalized spacial score (nSPS) is 31.6. The fraction of sp³-hybridized carbons (Fsp3) is 0.500. The topological polar surface area (TPSA) is 59.0 Å². The Kier molecular flexibility index (Phi) is 1.41. The molecule has 48 valence electrons. The molecular weight excluding hydrogens is 116 g/mol. The second-order valence-electron chi connectivity index (χ2n) is 2.09. The van der Waals surface area contributed by atoms with Gasteiger partial charge in [-0.15, -0.1) is 0 Å². The summed E-state index contributed by atoms with van der Waals surface area (Å²) in [6.07, 6.45) is 4.25. The Balaban J connectivity index is 2.47. The molecule has 0 spiro atoms. The third kappa shape index (κ3) is 1.21. The lowest BCUT2D eigenvalue weighted by Gasteiger charge is -2.18. The number of nitrogens with two attached hydrogens (primary N) is 1. The number of nitrogens with zero attached hydrogens (tertiary/aromatic N) is 1. The average molecular weight is 124 g/mol. The van der Waals surface area contributed by atoms with Crippen LogP contribution < -0.4 is 5.73 Å². The van der Waals surface area contributed by atoms with Gasteiger partial charge in [-0.2, -0.15) is 5.26 Å². The Bertz CT molecular complexity index is 160. The van der Waals surface area contributed by atoms with E-state index in [1.165, 1.54) is 6.26 Å². The van der Waals surface area contributed by atoms with Gasteiger partial charge in [-0.3, -0.25) is 5.73 Å². The summed E-state index contributed by atoms with van der Waals surface area (Å²) in [4.78, 5) is 0. The van der Waals surface area contributed by atoms with Gasteiger partial charge in [0, 0.05) is 6.42 Å². The zero-order valence-corrected chi connectivity index (χ0v) is 5.00. The SMILES string of the molecule is N#CCC1(N)CC=CO1. The molecule has 1 unspecified atom stereocenters. The van der Waals surface area contributed by atoms with Gasteiger partial charge >= 0.3 is 0 Å². The van der Waals surface area contributed by atoms with Crippen molar-refractivity contribution in [3.05, 3.63) is 12.3 Å². The summed E-state index contributed by atoms with van der Waals surface area (Å²) in [5.74, 6) is 0. The van der Waals surface area contributed by atoms with Crippen molar-refractivity contribution in [2.75, 3.05) is 0 Å². The smallest absolute Gasteiger partial charge is 0.174 e. The summed E-state index contributed by atoms with van der Waals surface area (Å²) >= 11 is 0. The highest BCUT2D eigenvalue weighted by Crippen LogP contribution is 2.19. The van der Waals surface area contributed by atoms with Crippen molar-refractivity contribution in [2.45, 2.75) is 18.6 Å². The first kappa shape index (κ1) is 6.12. The van der Waals surface area contributed by atoms with Crippen molar-refractivity contribution in [1.82, 2.24) is 0 Å². The number of ether oxygens (including phenoxy) is 1. The van der Waals surface area contributed by atoms with Crippen LogP contribution >= 0.6 is 0 Å². The van der Waals surface area contributed by atoms with Crippen LogP contribution in [0.3, 0.4) is 0 Å². The molecule has 0 saturated carbocycles. The molecule has 3 nitrogen and oxygen atoms in total. The van der Waals surface area contributed by atoms with Gasteiger partial charge in [0.2, 0.25) is 0 Å². The van der Waals surface area contributed by atoms with E-state index in [0.29, 0.717) is 6.42 Å². The molecule has 1 atom stereocenters. The maximum absolute atomic E-state index is 8.25. The summed E-state index contributed by atoms with van der Waals surface area (Å²) < 4.78 is 4.96. The first-order chi connectivity index (χ1) is 4.27. The van der Waals surface area contributed by atoms with Crippen LogP contribution in [0.2, 0.25) is 0 Å². The first-order valence-corrected chi connectivity index (χ1v) is 2.75. The third-order valence-corrected chi connectivity index (χ3v) is 1.24. The highest BCUT2D eigenvalue weighted by atomic mass is 16.5. The van der Waals surface area contributed by atoms with Crippen LogP contribution in [0.5, 0.6) is 0 Å². The number of hydrogen-bond acceptors (Lipinski definition) is 3. The molecule has 1 heterocycles. The Hall–Kier alpha value is -1.01. The Labute approximate surface area is 53.7 Å². The predicted octanol–water partition coefficient (Wildman–Crippen LogP) is 0.489. The lowest BCUT2D eigenvalue weighted by Crippen LogP contribution is -2.38. The second kappa shape index (κ2) is 2.08. The molecule has 9 heavy (non-hydrogen) atoms. The van der Waals surface area contributed by atoms with Crippen LogP contribution in [0.25, 0.3) is 0 Å². The molecule has 3 heteroatoms. The van der Waals surface area contributed by atoms with E-state index in [4.69, 9.17) is 15.7 Å². The largest absolute Gasteiger partial charge is 0.480 e. The molecule has 0 aromatic rings. The standard InChI is InChI=1S/C6H8N2O/c7-4-3-6(8)2-1-5-9-6/h1,5H,2-3,8H2. The zero-order chi connectivity index (χ0) is 6.74. The molecule has 0 bridgehead atoms. The molecule has 1 aliphatic heterocycles. The minimum atomic E-state index is -0.727. The molecule has 0 aliphatic carbocycles. The summed E-state index contributed by atoms with van der Waals surface area (Å²) in [5, 5.41) is 8.25. The highest BCUT2D eigenvalue weighted by molar-refractivity contribution is 4.98. The molecule has 0 fully saturated rings. The molecule has 0 amide bonds. The first-order valence-electron chi connectivity index (χ1n) is 2.75. The maximum atomic E-state index is 8.25. The Morgan fingerprint density at radius 3 is 3.11 bits per heavy atom. The fourth-order valence-corrected chi connectivity index (χ4v) is 0.727. The maximum Gasteiger partial charge on any atom is 0.174 e. The van der Waals surface area contributed by atoms with Crippen molar-refractivity contribution in [3.8, 4) is 6.07 Å². The monoisotopic (exact) mass is 124 g/mol. The minimum absolute atomic E-state index is 0.250. The van der Waals surface area contributed by atoms with E-state index in [1.54, 1.807) is 0 Å². The van der Waals surface area contributed by atoms with Gasteiger partial charge in [0.15, 0.2) is 5.72 Å². The molecule has 0 radical (unpaired) electrons. The third-order valence-electron chi connectivity index (χ3n) is 1.24. The molecule has 0 saturated heterocycles. The van der Waals surface area contributed by atoms with Gasteiger partial charge in [-0.25, -0.2) is 0 Å². The summed E-state index contributed by atoms with van der Waals surface area (Å²) in [7, 11) is 0. The van der Waals surface area contributed by atoms with Crippen LogP contribution in [0.15, 0.2) is 12.3 Å². The van der Waals surface area contributed by atoms with Crippen molar-refractivity contribution in [1.29, 1.82) is 5.26 Å². The minimum Gasteiger partial charge on any atom is -0.480 e. The van der Waals surface area contributed by atoms with E-state index in [-0.39, 0.29) is 6.42 Å². The number of nitriles is 1. The van der Waals surface area contributed by atoms with Gasteiger partial charge in [0.05, 0.1) is 18.8 Å². The highest BCUT2D eigenvalue weighted by Gasteiger charge is 2.27. The van der Waals surface area contributed by atoms with Crippen molar-refractivity contribution >= 4 is 0 Å². The number of hydrogen-bond donors (Lipinski definition) is 1. The predicted molar refractivity (Wildman–Crippen MR) is 32.0 cm³/mol. The van der Waals surface area contributed by atoms with E-state index in [2.05, 4.69) is 0 Å². The average Bonchev–Trinajstić information content (AvgIpc) is 2.16. The zero-order valence-electron chi connectivity index (χ0n) is 5.00. The fourth-order valence-electron chi connectivity index (χ4n) is 0.727. The molecule has 0 aromatic heterocycles.